The van der Waals surface area contributed by atoms with E-state index in [1.165, 1.54) is 11.3 Å². The summed E-state index contributed by atoms with van der Waals surface area (Å²) in [6.07, 6.45) is 0. The summed E-state index contributed by atoms with van der Waals surface area (Å²) < 4.78 is 0. The molecule has 0 aliphatic heterocycles. The van der Waals surface area contributed by atoms with Crippen LogP contribution < -0.4 is 0 Å². The minimum Gasteiger partial charge on any atom is -0.191 e. The third kappa shape index (κ3) is 1.80. The number of hydrogen-bond acceptors (Lipinski definition) is 2. The zero-order valence-corrected chi connectivity index (χ0v) is 8.88. The molecule has 0 saturated heterocycles. The highest BCUT2D eigenvalue weighted by atomic mass is 35.5. The summed E-state index contributed by atoms with van der Waals surface area (Å²) in [5.41, 5.74) is 0.0867. The first kappa shape index (κ1) is 9.57. The van der Waals surface area contributed by atoms with Gasteiger partial charge in [-0.2, -0.15) is 5.26 Å². The van der Waals surface area contributed by atoms with Crippen molar-refractivity contribution in [1.29, 1.82) is 5.26 Å². The van der Waals surface area contributed by atoms with Crippen LogP contribution in [0.3, 0.4) is 0 Å². The predicted octanol–water partition coefficient (Wildman–Crippen LogP) is 3.57. The van der Waals surface area contributed by atoms with Crippen LogP contribution in [0.5, 0.6) is 0 Å². The molecular weight excluding hydrogens is 190 g/mol. The number of halogens is 1. The Labute approximate surface area is 81.6 Å². The molecule has 0 aromatic carbocycles. The molecule has 1 heterocycles. The molecule has 0 aliphatic carbocycles. The van der Waals surface area contributed by atoms with Crippen LogP contribution in [0.4, 0.5) is 0 Å². The summed E-state index contributed by atoms with van der Waals surface area (Å²) in [6.45, 7) is 6.32. The van der Waals surface area contributed by atoms with Crippen LogP contribution >= 0.6 is 22.9 Å². The largest absolute Gasteiger partial charge is 0.191 e. The van der Waals surface area contributed by atoms with Gasteiger partial charge in [-0.15, -0.1) is 11.3 Å². The van der Waals surface area contributed by atoms with Gasteiger partial charge in [0.25, 0.3) is 0 Å². The summed E-state index contributed by atoms with van der Waals surface area (Å²) in [4.78, 5) is 1.77. The van der Waals surface area contributed by atoms with E-state index in [1.54, 1.807) is 0 Å². The van der Waals surface area contributed by atoms with Gasteiger partial charge in [0, 0.05) is 4.88 Å². The minimum atomic E-state index is 0.0867. The molecule has 64 valence electrons. The van der Waals surface area contributed by atoms with E-state index in [1.807, 2.05) is 6.07 Å². The molecule has 12 heavy (non-hydrogen) atoms. The van der Waals surface area contributed by atoms with Crippen molar-refractivity contribution in [2.75, 3.05) is 0 Å². The molecule has 0 N–H and O–H groups in total. The van der Waals surface area contributed by atoms with Crippen LogP contribution in [0.1, 0.15) is 30.5 Å². The second-order valence-corrected chi connectivity index (χ2v) is 5.11. The minimum absolute atomic E-state index is 0.0867. The van der Waals surface area contributed by atoms with Crippen molar-refractivity contribution in [1.82, 2.24) is 0 Å². The maximum Gasteiger partial charge on any atom is 0.123 e. The van der Waals surface area contributed by atoms with E-state index >= 15 is 0 Å². The van der Waals surface area contributed by atoms with Crippen molar-refractivity contribution >= 4 is 22.9 Å². The summed E-state index contributed by atoms with van der Waals surface area (Å²) >= 11 is 7.31. The molecule has 0 unspecified atom stereocenters. The Morgan fingerprint density at radius 1 is 1.50 bits per heavy atom. The Hall–Kier alpha value is -0.520. The Kier molecular flexibility index (Phi) is 2.46. The smallest absolute Gasteiger partial charge is 0.123 e. The van der Waals surface area contributed by atoms with Gasteiger partial charge in [-0.1, -0.05) is 32.4 Å². The fourth-order valence-electron chi connectivity index (χ4n) is 0.815. The summed E-state index contributed by atoms with van der Waals surface area (Å²) in [7, 11) is 0. The van der Waals surface area contributed by atoms with Gasteiger partial charge < -0.3 is 0 Å². The van der Waals surface area contributed by atoms with Crippen molar-refractivity contribution in [2.45, 2.75) is 26.2 Å². The van der Waals surface area contributed by atoms with Crippen molar-refractivity contribution in [2.24, 2.45) is 0 Å². The Morgan fingerprint density at radius 3 is 2.33 bits per heavy atom. The molecule has 0 spiro atoms. The van der Waals surface area contributed by atoms with E-state index in [4.69, 9.17) is 16.9 Å². The van der Waals surface area contributed by atoms with Crippen molar-refractivity contribution in [3.8, 4) is 6.07 Å². The van der Waals surface area contributed by atoms with Gasteiger partial charge in [0.15, 0.2) is 0 Å². The van der Waals surface area contributed by atoms with Crippen LogP contribution in [0.15, 0.2) is 6.07 Å². The molecule has 0 atom stereocenters. The highest BCUT2D eigenvalue weighted by Gasteiger charge is 2.18. The molecule has 1 aromatic rings. The van der Waals surface area contributed by atoms with E-state index in [2.05, 4.69) is 26.8 Å². The molecule has 0 amide bonds. The number of nitrogens with zero attached hydrogens (tertiary/aromatic N) is 1. The molecule has 0 aliphatic rings. The number of nitriles is 1. The quantitative estimate of drug-likeness (QED) is 0.627. The SMILES string of the molecule is CC(C)(C)c1cc(Cl)c(C#N)s1. The molecule has 0 fully saturated rings. The van der Waals surface area contributed by atoms with Gasteiger partial charge in [0.2, 0.25) is 0 Å². The standard InChI is InChI=1S/C9H10ClNS/c1-9(2,3)8-4-6(10)7(5-11)12-8/h4H,1-3H3. The lowest BCUT2D eigenvalue weighted by Crippen LogP contribution is -2.07. The van der Waals surface area contributed by atoms with E-state index in [0.29, 0.717) is 9.90 Å². The maximum absolute atomic E-state index is 8.67. The topological polar surface area (TPSA) is 23.8 Å². The first-order valence-corrected chi connectivity index (χ1v) is 4.84. The molecular formula is C9H10ClNS. The molecule has 1 nitrogen and oxygen atoms in total. The van der Waals surface area contributed by atoms with E-state index in [0.717, 1.165) is 4.88 Å². The van der Waals surface area contributed by atoms with Crippen molar-refractivity contribution < 1.29 is 0 Å². The summed E-state index contributed by atoms with van der Waals surface area (Å²) in [5.74, 6) is 0. The third-order valence-corrected chi connectivity index (χ3v) is 3.40. The normalized spacial score (nSPS) is 11.2. The lowest BCUT2D eigenvalue weighted by Gasteiger charge is -2.14. The van der Waals surface area contributed by atoms with Crippen molar-refractivity contribution in [3.63, 3.8) is 0 Å². The number of thiophene rings is 1. The zero-order chi connectivity index (χ0) is 9.35. The zero-order valence-electron chi connectivity index (χ0n) is 7.31. The van der Waals surface area contributed by atoms with Crippen LogP contribution in [-0.2, 0) is 5.41 Å². The second-order valence-electron chi connectivity index (χ2n) is 3.65. The molecule has 1 rings (SSSR count). The fourth-order valence-corrected chi connectivity index (χ4v) is 2.05. The average molecular weight is 200 g/mol. The van der Waals surface area contributed by atoms with E-state index in [-0.39, 0.29) is 5.41 Å². The van der Waals surface area contributed by atoms with Crippen LogP contribution in [0, 0.1) is 11.3 Å². The van der Waals surface area contributed by atoms with Gasteiger partial charge in [-0.25, -0.2) is 0 Å². The average Bonchev–Trinajstić information content (AvgIpc) is 2.29. The molecule has 0 saturated carbocycles. The highest BCUT2D eigenvalue weighted by molar-refractivity contribution is 7.13. The highest BCUT2D eigenvalue weighted by Crippen LogP contribution is 2.34. The number of hydrogen-bond donors (Lipinski definition) is 0. The predicted molar refractivity (Wildman–Crippen MR) is 52.7 cm³/mol. The summed E-state index contributed by atoms with van der Waals surface area (Å²) in [6, 6.07) is 3.95. The molecule has 0 radical (unpaired) electrons. The first-order chi connectivity index (χ1) is 5.45. The Bertz CT molecular complexity index is 327. The molecule has 3 heteroatoms. The van der Waals surface area contributed by atoms with Gasteiger partial charge in [0.1, 0.15) is 10.9 Å². The third-order valence-electron chi connectivity index (χ3n) is 1.53. The number of rotatable bonds is 0. The van der Waals surface area contributed by atoms with Gasteiger partial charge in [-0.3, -0.25) is 0 Å². The first-order valence-electron chi connectivity index (χ1n) is 3.65. The van der Waals surface area contributed by atoms with Crippen molar-refractivity contribution in [3.05, 3.63) is 20.8 Å². The maximum atomic E-state index is 8.67. The van der Waals surface area contributed by atoms with Gasteiger partial charge in [-0.05, 0) is 11.5 Å². The Balaban J connectivity index is 3.16. The van der Waals surface area contributed by atoms with E-state index in [9.17, 15) is 0 Å². The lowest BCUT2D eigenvalue weighted by molar-refractivity contribution is 0.604. The van der Waals surface area contributed by atoms with E-state index < -0.39 is 0 Å². The summed E-state index contributed by atoms with van der Waals surface area (Å²) in [5, 5.41) is 9.25. The van der Waals surface area contributed by atoms with Crippen LogP contribution in [0.2, 0.25) is 5.02 Å². The monoisotopic (exact) mass is 199 g/mol. The van der Waals surface area contributed by atoms with Crippen LogP contribution in [0.25, 0.3) is 0 Å². The fraction of sp³-hybridized carbons (Fsp3) is 0.444. The molecule has 0 bridgehead atoms. The van der Waals surface area contributed by atoms with Crippen LogP contribution in [-0.4, -0.2) is 0 Å². The van der Waals surface area contributed by atoms with Gasteiger partial charge in [0.05, 0.1) is 5.02 Å². The molecule has 1 aromatic heterocycles. The second kappa shape index (κ2) is 3.08. The lowest BCUT2D eigenvalue weighted by atomic mass is 9.95. The Morgan fingerprint density at radius 2 is 2.08 bits per heavy atom. The van der Waals surface area contributed by atoms with Gasteiger partial charge >= 0.3 is 0 Å².